The van der Waals surface area contributed by atoms with E-state index in [-0.39, 0.29) is 17.1 Å². The summed E-state index contributed by atoms with van der Waals surface area (Å²) in [7, 11) is 1.58. The van der Waals surface area contributed by atoms with Crippen molar-refractivity contribution in [3.63, 3.8) is 0 Å². The number of methoxy groups -OCH3 is 1. The number of carbonyl (C=O) groups excluding carboxylic acids is 1. The first-order chi connectivity index (χ1) is 9.61. The van der Waals surface area contributed by atoms with Crippen LogP contribution in [0.15, 0.2) is 48.5 Å². The Morgan fingerprint density at radius 1 is 1.10 bits per heavy atom. The van der Waals surface area contributed by atoms with E-state index in [1.807, 2.05) is 12.1 Å². The topological polar surface area (TPSA) is 66.8 Å². The Balaban J connectivity index is 2.18. The van der Waals surface area contributed by atoms with Gasteiger partial charge in [0.15, 0.2) is 17.3 Å². The summed E-state index contributed by atoms with van der Waals surface area (Å²) in [6.45, 7) is 0. The van der Waals surface area contributed by atoms with Crippen molar-refractivity contribution >= 4 is 11.9 Å². The molecule has 2 aromatic rings. The summed E-state index contributed by atoms with van der Waals surface area (Å²) in [4.78, 5) is 11.9. The Labute approximate surface area is 116 Å². The van der Waals surface area contributed by atoms with Gasteiger partial charge in [-0.2, -0.15) is 0 Å². The number of ketones is 1. The second-order valence-electron chi connectivity index (χ2n) is 4.14. The van der Waals surface area contributed by atoms with Crippen LogP contribution >= 0.6 is 0 Å². The number of ether oxygens (including phenoxy) is 1. The number of para-hydroxylation sites is 1. The number of allylic oxidation sites excluding steroid dienone is 1. The van der Waals surface area contributed by atoms with E-state index in [0.717, 1.165) is 11.3 Å². The number of aromatic hydroxyl groups is 2. The summed E-state index contributed by atoms with van der Waals surface area (Å²) in [5.74, 6) is -0.362. The van der Waals surface area contributed by atoms with Crippen molar-refractivity contribution in [1.82, 2.24) is 0 Å². The SMILES string of the molecule is COc1ccc(/C=C/C(=O)c2cccc(O)c2O)cc1. The van der Waals surface area contributed by atoms with Crippen molar-refractivity contribution in [2.75, 3.05) is 7.11 Å². The molecule has 2 N–H and O–H groups in total. The molecular formula is C16H14O4. The summed E-state index contributed by atoms with van der Waals surface area (Å²) < 4.78 is 5.04. The molecule has 0 bridgehead atoms. The summed E-state index contributed by atoms with van der Waals surface area (Å²) in [6.07, 6.45) is 2.97. The van der Waals surface area contributed by atoms with Crippen LogP contribution in [0.4, 0.5) is 0 Å². The highest BCUT2D eigenvalue weighted by Crippen LogP contribution is 2.28. The summed E-state index contributed by atoms with van der Waals surface area (Å²) in [5, 5.41) is 19.0. The molecule has 0 saturated carbocycles. The molecule has 0 heterocycles. The average Bonchev–Trinajstić information content (AvgIpc) is 2.48. The first-order valence-corrected chi connectivity index (χ1v) is 5.99. The van der Waals surface area contributed by atoms with E-state index >= 15 is 0 Å². The minimum absolute atomic E-state index is 0.0646. The molecule has 0 unspecified atom stereocenters. The molecule has 2 rings (SSSR count). The molecule has 0 spiro atoms. The lowest BCUT2D eigenvalue weighted by Gasteiger charge is -2.02. The fourth-order valence-corrected chi connectivity index (χ4v) is 1.71. The predicted molar refractivity (Wildman–Crippen MR) is 76.1 cm³/mol. The smallest absolute Gasteiger partial charge is 0.189 e. The Morgan fingerprint density at radius 3 is 2.45 bits per heavy atom. The lowest BCUT2D eigenvalue weighted by molar-refractivity contribution is 0.104. The van der Waals surface area contributed by atoms with E-state index in [1.165, 1.54) is 24.3 Å². The van der Waals surface area contributed by atoms with Crippen LogP contribution in [0.5, 0.6) is 17.2 Å². The van der Waals surface area contributed by atoms with Crippen LogP contribution in [-0.2, 0) is 0 Å². The van der Waals surface area contributed by atoms with Gasteiger partial charge in [0, 0.05) is 0 Å². The Morgan fingerprint density at radius 2 is 1.80 bits per heavy atom. The Bertz CT molecular complexity index is 642. The van der Waals surface area contributed by atoms with Crippen molar-refractivity contribution < 1.29 is 19.7 Å². The molecule has 0 aliphatic heterocycles. The Kier molecular flexibility index (Phi) is 4.05. The van der Waals surface area contributed by atoms with Crippen LogP contribution in [0.2, 0.25) is 0 Å². The molecule has 0 fully saturated rings. The van der Waals surface area contributed by atoms with E-state index in [1.54, 1.807) is 25.3 Å². The summed E-state index contributed by atoms with van der Waals surface area (Å²) >= 11 is 0. The average molecular weight is 270 g/mol. The molecule has 0 saturated heterocycles. The van der Waals surface area contributed by atoms with Gasteiger partial charge in [0.2, 0.25) is 0 Å². The first-order valence-electron chi connectivity index (χ1n) is 5.99. The fourth-order valence-electron chi connectivity index (χ4n) is 1.71. The lowest BCUT2D eigenvalue weighted by atomic mass is 10.1. The highest BCUT2D eigenvalue weighted by Gasteiger charge is 2.10. The van der Waals surface area contributed by atoms with Crippen LogP contribution in [-0.4, -0.2) is 23.1 Å². The van der Waals surface area contributed by atoms with Gasteiger partial charge in [0.1, 0.15) is 5.75 Å². The summed E-state index contributed by atoms with van der Waals surface area (Å²) in [5.41, 5.74) is 0.897. The molecule has 4 heteroatoms. The second kappa shape index (κ2) is 5.93. The molecular weight excluding hydrogens is 256 g/mol. The standard InChI is InChI=1S/C16H14O4/c1-20-12-8-5-11(6-9-12)7-10-14(17)13-3-2-4-15(18)16(13)19/h2-10,18-19H,1H3/b10-7+. The van der Waals surface area contributed by atoms with Crippen molar-refractivity contribution in [1.29, 1.82) is 0 Å². The van der Waals surface area contributed by atoms with E-state index in [0.29, 0.717) is 0 Å². The molecule has 0 atom stereocenters. The zero-order chi connectivity index (χ0) is 14.5. The lowest BCUT2D eigenvalue weighted by Crippen LogP contribution is -1.94. The number of phenolic OH excluding ortho intramolecular Hbond substituents is 2. The van der Waals surface area contributed by atoms with Crippen LogP contribution in [0.1, 0.15) is 15.9 Å². The van der Waals surface area contributed by atoms with Gasteiger partial charge in [-0.25, -0.2) is 0 Å². The van der Waals surface area contributed by atoms with Gasteiger partial charge >= 0.3 is 0 Å². The number of hydrogen-bond acceptors (Lipinski definition) is 4. The van der Waals surface area contributed by atoms with Gasteiger partial charge in [-0.1, -0.05) is 24.3 Å². The third-order valence-electron chi connectivity index (χ3n) is 2.82. The van der Waals surface area contributed by atoms with Gasteiger partial charge in [-0.15, -0.1) is 0 Å². The predicted octanol–water partition coefficient (Wildman–Crippen LogP) is 3.00. The Hall–Kier alpha value is -2.75. The fraction of sp³-hybridized carbons (Fsp3) is 0.0625. The van der Waals surface area contributed by atoms with Crippen molar-refractivity contribution in [2.24, 2.45) is 0 Å². The maximum atomic E-state index is 11.9. The molecule has 102 valence electrons. The normalized spacial score (nSPS) is 10.7. The molecule has 0 radical (unpaired) electrons. The monoisotopic (exact) mass is 270 g/mol. The first kappa shape index (κ1) is 13.7. The van der Waals surface area contributed by atoms with Crippen molar-refractivity contribution in [3.8, 4) is 17.2 Å². The molecule has 0 aliphatic carbocycles. The van der Waals surface area contributed by atoms with Gasteiger partial charge < -0.3 is 14.9 Å². The number of benzene rings is 2. The number of phenols is 2. The molecule has 0 amide bonds. The van der Waals surface area contributed by atoms with E-state index < -0.39 is 5.75 Å². The highest BCUT2D eigenvalue weighted by molar-refractivity contribution is 6.09. The maximum absolute atomic E-state index is 11.9. The number of carbonyl (C=O) groups is 1. The second-order valence-corrected chi connectivity index (χ2v) is 4.14. The zero-order valence-corrected chi connectivity index (χ0v) is 10.9. The van der Waals surface area contributed by atoms with Gasteiger partial charge in [-0.05, 0) is 35.9 Å². The van der Waals surface area contributed by atoms with E-state index in [2.05, 4.69) is 0 Å². The molecule has 20 heavy (non-hydrogen) atoms. The van der Waals surface area contributed by atoms with Gasteiger partial charge in [0.05, 0.1) is 12.7 Å². The highest BCUT2D eigenvalue weighted by atomic mass is 16.5. The third-order valence-corrected chi connectivity index (χ3v) is 2.82. The zero-order valence-electron chi connectivity index (χ0n) is 10.9. The van der Waals surface area contributed by atoms with Crippen LogP contribution in [0.25, 0.3) is 6.08 Å². The largest absolute Gasteiger partial charge is 0.504 e. The van der Waals surface area contributed by atoms with Crippen LogP contribution < -0.4 is 4.74 Å². The van der Waals surface area contributed by atoms with Crippen LogP contribution in [0, 0.1) is 0 Å². The molecule has 4 nitrogen and oxygen atoms in total. The molecule has 0 aliphatic rings. The minimum Gasteiger partial charge on any atom is -0.504 e. The van der Waals surface area contributed by atoms with Gasteiger partial charge in [-0.3, -0.25) is 4.79 Å². The number of hydrogen-bond donors (Lipinski definition) is 2. The quantitative estimate of drug-likeness (QED) is 0.509. The van der Waals surface area contributed by atoms with Crippen molar-refractivity contribution in [3.05, 3.63) is 59.7 Å². The van der Waals surface area contributed by atoms with Crippen LogP contribution in [0.3, 0.4) is 0 Å². The summed E-state index contributed by atoms with van der Waals surface area (Å²) in [6, 6.07) is 11.5. The van der Waals surface area contributed by atoms with E-state index in [9.17, 15) is 15.0 Å². The van der Waals surface area contributed by atoms with E-state index in [4.69, 9.17) is 4.74 Å². The van der Waals surface area contributed by atoms with Crippen molar-refractivity contribution in [2.45, 2.75) is 0 Å². The number of rotatable bonds is 4. The third kappa shape index (κ3) is 2.98. The minimum atomic E-state index is -0.406. The maximum Gasteiger partial charge on any atom is 0.189 e. The molecule has 2 aromatic carbocycles. The van der Waals surface area contributed by atoms with Gasteiger partial charge in [0.25, 0.3) is 0 Å². The molecule has 0 aromatic heterocycles.